The standard InChI is InChI=1S/C61H96O6/c1-4-7-10-13-16-19-22-25-27-29-30-32-34-37-40-43-46-49-52-55-61(64)67-58(56-65-59(62)53-50-47-44-41-38-35-24-21-18-15-12-9-6-3)57-66-60(63)54-51-48-45-42-39-36-33-31-28-26-23-20-17-14-11-8-5-2/h7,10,16-17,19-21,24-28,30,32-33,36-37,40,42,45-46,49,58H,4-6,8-9,11-15,18,22-23,29,31,34-35,38-39,41,43-44,47-48,50-57H2,1-3H3/b10-7-,19-16-,20-17-,24-21-,27-25-,28-26-,32-30-,36-33-,40-37-,45-42-,49-46-/t58-/m0/s1. The fourth-order valence-electron chi connectivity index (χ4n) is 6.63. The summed E-state index contributed by atoms with van der Waals surface area (Å²) in [4.78, 5) is 38.0. The summed E-state index contributed by atoms with van der Waals surface area (Å²) in [5, 5.41) is 0. The van der Waals surface area contributed by atoms with Gasteiger partial charge < -0.3 is 14.2 Å². The molecule has 0 aromatic carbocycles. The third-order valence-electron chi connectivity index (χ3n) is 10.6. The first kappa shape index (κ1) is 62.5. The average molecular weight is 925 g/mol. The smallest absolute Gasteiger partial charge is 0.306 e. The second kappa shape index (κ2) is 54.2. The van der Waals surface area contributed by atoms with Gasteiger partial charge >= 0.3 is 17.9 Å². The number of esters is 3. The van der Waals surface area contributed by atoms with Gasteiger partial charge in [-0.3, -0.25) is 14.4 Å². The van der Waals surface area contributed by atoms with Gasteiger partial charge in [0, 0.05) is 19.3 Å². The van der Waals surface area contributed by atoms with E-state index in [-0.39, 0.29) is 38.0 Å². The second-order valence-electron chi connectivity index (χ2n) is 17.0. The van der Waals surface area contributed by atoms with E-state index in [9.17, 15) is 14.4 Å². The molecule has 0 aliphatic heterocycles. The Morgan fingerprint density at radius 1 is 0.313 bits per heavy atom. The largest absolute Gasteiger partial charge is 0.462 e. The SMILES string of the molecule is CC/C=C\C/C=C\C/C=C\C/C=C\C/C=C\C/C=C\CCC(=O)O[C@H](COC(=O)CCC/C=C\C/C=C\C/C=C\C/C=C\CCCCC)COC(=O)CCCCCCC/C=C\CCCCCC. The van der Waals surface area contributed by atoms with Crippen LogP contribution in [0.5, 0.6) is 0 Å². The highest BCUT2D eigenvalue weighted by molar-refractivity contribution is 5.71. The predicted octanol–water partition coefficient (Wildman–Crippen LogP) is 17.9. The van der Waals surface area contributed by atoms with Gasteiger partial charge in [-0.15, -0.1) is 0 Å². The van der Waals surface area contributed by atoms with E-state index >= 15 is 0 Å². The molecular weight excluding hydrogens is 829 g/mol. The topological polar surface area (TPSA) is 78.9 Å². The van der Waals surface area contributed by atoms with Gasteiger partial charge in [-0.25, -0.2) is 0 Å². The minimum absolute atomic E-state index is 0.134. The highest BCUT2D eigenvalue weighted by Gasteiger charge is 2.19. The number of unbranched alkanes of at least 4 members (excludes halogenated alkanes) is 13. The first-order valence-corrected chi connectivity index (χ1v) is 26.7. The lowest BCUT2D eigenvalue weighted by atomic mass is 10.1. The summed E-state index contributed by atoms with van der Waals surface area (Å²) in [5.74, 6) is -1.09. The van der Waals surface area contributed by atoms with E-state index < -0.39 is 12.1 Å². The van der Waals surface area contributed by atoms with Crippen molar-refractivity contribution >= 4 is 17.9 Å². The number of carbonyl (C=O) groups is 3. The van der Waals surface area contributed by atoms with Crippen molar-refractivity contribution in [3.05, 3.63) is 134 Å². The van der Waals surface area contributed by atoms with E-state index in [4.69, 9.17) is 14.2 Å². The number of hydrogen-bond donors (Lipinski definition) is 0. The molecule has 0 heterocycles. The fourth-order valence-corrected chi connectivity index (χ4v) is 6.63. The molecule has 376 valence electrons. The Bertz CT molecular complexity index is 1480. The van der Waals surface area contributed by atoms with Gasteiger partial charge in [-0.1, -0.05) is 206 Å². The first-order chi connectivity index (χ1) is 33.0. The van der Waals surface area contributed by atoms with Crippen molar-refractivity contribution in [3.8, 4) is 0 Å². The fraction of sp³-hybridized carbons (Fsp3) is 0.590. The zero-order valence-corrected chi connectivity index (χ0v) is 42.9. The summed E-state index contributed by atoms with van der Waals surface area (Å²) in [6, 6.07) is 0. The number of rotatable bonds is 46. The summed E-state index contributed by atoms with van der Waals surface area (Å²) in [7, 11) is 0. The molecule has 0 aromatic rings. The van der Waals surface area contributed by atoms with Crippen LogP contribution in [-0.2, 0) is 28.6 Å². The lowest BCUT2D eigenvalue weighted by Gasteiger charge is -2.18. The Hall–Kier alpha value is -4.45. The van der Waals surface area contributed by atoms with Crippen molar-refractivity contribution in [2.75, 3.05) is 13.2 Å². The van der Waals surface area contributed by atoms with Crippen molar-refractivity contribution in [1.29, 1.82) is 0 Å². The van der Waals surface area contributed by atoms with Crippen LogP contribution in [0, 0.1) is 0 Å². The van der Waals surface area contributed by atoms with Gasteiger partial charge in [-0.05, 0) is 122 Å². The maximum absolute atomic E-state index is 12.8. The Labute approximate surface area is 411 Å². The van der Waals surface area contributed by atoms with Gasteiger partial charge in [0.15, 0.2) is 6.10 Å². The minimum Gasteiger partial charge on any atom is -0.462 e. The van der Waals surface area contributed by atoms with Crippen LogP contribution < -0.4 is 0 Å². The van der Waals surface area contributed by atoms with E-state index in [2.05, 4.69) is 142 Å². The van der Waals surface area contributed by atoms with E-state index in [1.807, 2.05) is 12.2 Å². The molecule has 0 fully saturated rings. The molecule has 0 aliphatic rings. The second-order valence-corrected chi connectivity index (χ2v) is 17.0. The Morgan fingerprint density at radius 2 is 0.627 bits per heavy atom. The molecule has 0 saturated carbocycles. The summed E-state index contributed by atoms with van der Waals surface area (Å²) in [6.07, 6.45) is 75.9. The van der Waals surface area contributed by atoms with Crippen LogP contribution in [-0.4, -0.2) is 37.2 Å². The van der Waals surface area contributed by atoms with Gasteiger partial charge in [0.05, 0.1) is 0 Å². The molecule has 0 aliphatic carbocycles. The Balaban J connectivity index is 4.63. The highest BCUT2D eigenvalue weighted by atomic mass is 16.6. The summed E-state index contributed by atoms with van der Waals surface area (Å²) in [5.41, 5.74) is 0. The van der Waals surface area contributed by atoms with Crippen molar-refractivity contribution in [3.63, 3.8) is 0 Å². The van der Waals surface area contributed by atoms with Crippen LogP contribution in [0.25, 0.3) is 0 Å². The van der Waals surface area contributed by atoms with E-state index in [0.29, 0.717) is 19.3 Å². The molecule has 67 heavy (non-hydrogen) atoms. The molecular formula is C61H96O6. The van der Waals surface area contributed by atoms with Crippen LogP contribution >= 0.6 is 0 Å². The van der Waals surface area contributed by atoms with Gasteiger partial charge in [0.25, 0.3) is 0 Å². The van der Waals surface area contributed by atoms with E-state index in [1.165, 1.54) is 64.2 Å². The molecule has 6 nitrogen and oxygen atoms in total. The lowest BCUT2D eigenvalue weighted by Crippen LogP contribution is -2.30. The lowest BCUT2D eigenvalue weighted by molar-refractivity contribution is -0.166. The zero-order chi connectivity index (χ0) is 48.6. The average Bonchev–Trinajstić information content (AvgIpc) is 3.33. The molecule has 0 N–H and O–H groups in total. The van der Waals surface area contributed by atoms with Gasteiger partial charge in [0.2, 0.25) is 0 Å². The molecule has 0 aromatic heterocycles. The van der Waals surface area contributed by atoms with E-state index in [0.717, 1.165) is 96.3 Å². The highest BCUT2D eigenvalue weighted by Crippen LogP contribution is 2.11. The van der Waals surface area contributed by atoms with Crippen LogP contribution in [0.15, 0.2) is 134 Å². The van der Waals surface area contributed by atoms with Crippen LogP contribution in [0.2, 0.25) is 0 Å². The molecule has 0 spiro atoms. The third kappa shape index (κ3) is 52.4. The molecule has 0 radical (unpaired) electrons. The maximum atomic E-state index is 12.8. The molecule has 0 bridgehead atoms. The summed E-state index contributed by atoms with van der Waals surface area (Å²) in [6.45, 7) is 6.34. The third-order valence-corrected chi connectivity index (χ3v) is 10.6. The zero-order valence-electron chi connectivity index (χ0n) is 42.9. The molecule has 0 unspecified atom stereocenters. The summed E-state index contributed by atoms with van der Waals surface area (Å²) >= 11 is 0. The molecule has 6 heteroatoms. The molecule has 1 atom stereocenters. The predicted molar refractivity (Wildman–Crippen MR) is 288 cm³/mol. The van der Waals surface area contributed by atoms with Crippen LogP contribution in [0.3, 0.4) is 0 Å². The first-order valence-electron chi connectivity index (χ1n) is 26.7. The number of allylic oxidation sites excluding steroid dienone is 22. The minimum atomic E-state index is -0.848. The van der Waals surface area contributed by atoms with Crippen molar-refractivity contribution in [1.82, 2.24) is 0 Å². The van der Waals surface area contributed by atoms with Gasteiger partial charge in [-0.2, -0.15) is 0 Å². The quantitative estimate of drug-likeness (QED) is 0.0262. The van der Waals surface area contributed by atoms with E-state index in [1.54, 1.807) is 0 Å². The van der Waals surface area contributed by atoms with Crippen molar-refractivity contribution < 1.29 is 28.6 Å². The molecule has 0 amide bonds. The number of ether oxygens (including phenoxy) is 3. The molecule has 0 rings (SSSR count). The summed E-state index contributed by atoms with van der Waals surface area (Å²) < 4.78 is 16.7. The van der Waals surface area contributed by atoms with Crippen molar-refractivity contribution in [2.45, 2.75) is 219 Å². The molecule has 0 saturated heterocycles. The normalized spacial score (nSPS) is 13.2. The van der Waals surface area contributed by atoms with Gasteiger partial charge in [0.1, 0.15) is 13.2 Å². The Morgan fingerprint density at radius 3 is 1.07 bits per heavy atom. The maximum Gasteiger partial charge on any atom is 0.306 e. The Kier molecular flexibility index (Phi) is 50.6. The monoisotopic (exact) mass is 925 g/mol. The van der Waals surface area contributed by atoms with Crippen molar-refractivity contribution in [2.24, 2.45) is 0 Å². The van der Waals surface area contributed by atoms with Crippen LogP contribution in [0.1, 0.15) is 213 Å². The van der Waals surface area contributed by atoms with Crippen LogP contribution in [0.4, 0.5) is 0 Å². The number of hydrogen-bond acceptors (Lipinski definition) is 6. The number of carbonyl (C=O) groups excluding carboxylic acids is 3.